The maximum atomic E-state index is 9.08. The molecule has 0 saturated carbocycles. The van der Waals surface area contributed by atoms with E-state index in [9.17, 15) is 0 Å². The summed E-state index contributed by atoms with van der Waals surface area (Å²) in [6, 6.07) is 21.8. The lowest BCUT2D eigenvalue weighted by Gasteiger charge is -2.46. The highest BCUT2D eigenvalue weighted by Gasteiger charge is 2.50. The molecule has 2 aromatic carbocycles. The van der Waals surface area contributed by atoms with Gasteiger partial charge in [-0.1, -0.05) is 54.6 Å². The Hall–Kier alpha value is -2.37. The maximum Gasteiger partial charge on any atom is 0.0991 e. The Labute approximate surface area is 144 Å². The lowest BCUT2D eigenvalue weighted by atomic mass is 9.79. The third-order valence-corrected chi connectivity index (χ3v) is 5.70. The van der Waals surface area contributed by atoms with E-state index >= 15 is 0 Å². The molecule has 2 aliphatic rings. The molecule has 120 valence electrons. The molecular weight excluding hydrogens is 292 g/mol. The number of fused-ring (bicyclic) bond motifs is 2. The molecule has 2 aliphatic heterocycles. The smallest absolute Gasteiger partial charge is 0.0991 e. The summed E-state index contributed by atoms with van der Waals surface area (Å²) in [5, 5.41) is 9.08. The predicted octanol–water partition coefficient (Wildman–Crippen LogP) is 4.77. The summed E-state index contributed by atoms with van der Waals surface area (Å²) < 4.78 is 0. The van der Waals surface area contributed by atoms with Gasteiger partial charge in [-0.15, -0.1) is 0 Å². The average molecular weight is 314 g/mol. The van der Waals surface area contributed by atoms with Crippen molar-refractivity contribution in [3.05, 3.63) is 83.4 Å². The molecule has 0 aliphatic carbocycles. The highest BCUT2D eigenvalue weighted by Crippen LogP contribution is 2.52. The molecule has 2 unspecified atom stereocenters. The molecule has 2 heterocycles. The molecule has 2 atom stereocenters. The second-order valence-electron chi connectivity index (χ2n) is 7.16. The summed E-state index contributed by atoms with van der Waals surface area (Å²) in [6.07, 6.45) is 4.55. The quantitative estimate of drug-likeness (QED) is 0.763. The second kappa shape index (κ2) is 5.92. The standard InChI is InChI=1S/C22H22N2/c1-17-13-21-11-12-22(14-17,20-9-7-18(15-23)8-10-20)24(21)16-19-5-3-2-4-6-19/h2-10,21H,1,11-14,16H2. The van der Waals surface area contributed by atoms with Crippen molar-refractivity contribution in [3.8, 4) is 6.07 Å². The van der Waals surface area contributed by atoms with Gasteiger partial charge in [0.2, 0.25) is 0 Å². The molecule has 0 aromatic heterocycles. The fraction of sp³-hybridized carbons (Fsp3) is 0.318. The molecule has 4 rings (SSSR count). The van der Waals surface area contributed by atoms with Crippen molar-refractivity contribution in [3.63, 3.8) is 0 Å². The number of hydrogen-bond acceptors (Lipinski definition) is 2. The van der Waals surface area contributed by atoms with Crippen molar-refractivity contribution >= 4 is 0 Å². The van der Waals surface area contributed by atoms with Crippen molar-refractivity contribution in [1.29, 1.82) is 5.26 Å². The number of piperidine rings is 1. The van der Waals surface area contributed by atoms with Gasteiger partial charge in [0.05, 0.1) is 17.2 Å². The molecule has 24 heavy (non-hydrogen) atoms. The van der Waals surface area contributed by atoms with Crippen LogP contribution in [0.5, 0.6) is 0 Å². The average Bonchev–Trinajstić information content (AvgIpc) is 2.83. The van der Waals surface area contributed by atoms with Crippen molar-refractivity contribution in [1.82, 2.24) is 4.90 Å². The van der Waals surface area contributed by atoms with Gasteiger partial charge < -0.3 is 0 Å². The van der Waals surface area contributed by atoms with E-state index in [0.717, 1.165) is 24.9 Å². The number of rotatable bonds is 3. The minimum atomic E-state index is 0.0455. The third kappa shape index (κ3) is 2.46. The Morgan fingerprint density at radius 1 is 1.12 bits per heavy atom. The number of benzene rings is 2. The van der Waals surface area contributed by atoms with E-state index in [1.807, 2.05) is 12.1 Å². The molecule has 2 aromatic rings. The van der Waals surface area contributed by atoms with E-state index in [0.29, 0.717) is 6.04 Å². The number of nitriles is 1. The zero-order valence-electron chi connectivity index (χ0n) is 13.9. The van der Waals surface area contributed by atoms with Gasteiger partial charge in [-0.25, -0.2) is 0 Å². The van der Waals surface area contributed by atoms with Crippen LogP contribution in [0.15, 0.2) is 66.7 Å². The van der Waals surface area contributed by atoms with Crippen LogP contribution in [0.25, 0.3) is 0 Å². The number of hydrogen-bond donors (Lipinski definition) is 0. The van der Waals surface area contributed by atoms with Crippen LogP contribution in [0.3, 0.4) is 0 Å². The fourth-order valence-corrected chi connectivity index (χ4v) is 4.60. The van der Waals surface area contributed by atoms with E-state index in [2.05, 4.69) is 60.0 Å². The summed E-state index contributed by atoms with van der Waals surface area (Å²) >= 11 is 0. The Morgan fingerprint density at radius 2 is 1.88 bits per heavy atom. The lowest BCUT2D eigenvalue weighted by molar-refractivity contribution is 0.0653. The van der Waals surface area contributed by atoms with Crippen LogP contribution >= 0.6 is 0 Å². The molecular formula is C22H22N2. The Balaban J connectivity index is 1.73. The van der Waals surface area contributed by atoms with E-state index < -0.39 is 0 Å². The van der Waals surface area contributed by atoms with E-state index in [-0.39, 0.29) is 5.54 Å². The second-order valence-corrected chi connectivity index (χ2v) is 7.16. The molecule has 2 saturated heterocycles. The first-order valence-corrected chi connectivity index (χ1v) is 8.69. The van der Waals surface area contributed by atoms with Gasteiger partial charge >= 0.3 is 0 Å². The van der Waals surface area contributed by atoms with Crippen LogP contribution in [-0.2, 0) is 12.1 Å². The summed E-state index contributed by atoms with van der Waals surface area (Å²) in [5.41, 5.74) is 4.85. The van der Waals surface area contributed by atoms with Crippen molar-refractivity contribution in [2.75, 3.05) is 0 Å². The topological polar surface area (TPSA) is 27.0 Å². The first kappa shape index (κ1) is 15.2. The van der Waals surface area contributed by atoms with Crippen LogP contribution in [0.2, 0.25) is 0 Å². The minimum absolute atomic E-state index is 0.0455. The molecule has 2 fully saturated rings. The van der Waals surface area contributed by atoms with Crippen LogP contribution in [-0.4, -0.2) is 10.9 Å². The Bertz CT molecular complexity index is 785. The van der Waals surface area contributed by atoms with Crippen molar-refractivity contribution in [2.45, 2.75) is 43.8 Å². The normalized spacial score (nSPS) is 26.3. The molecule has 2 bridgehead atoms. The molecule has 0 spiro atoms. The van der Waals surface area contributed by atoms with Gasteiger partial charge in [0.15, 0.2) is 0 Å². The zero-order valence-corrected chi connectivity index (χ0v) is 13.9. The molecule has 0 N–H and O–H groups in total. The predicted molar refractivity (Wildman–Crippen MR) is 96.2 cm³/mol. The molecule has 0 amide bonds. The molecule has 2 heteroatoms. The van der Waals surface area contributed by atoms with Gasteiger partial charge in [0.25, 0.3) is 0 Å². The minimum Gasteiger partial charge on any atom is -0.286 e. The first-order chi connectivity index (χ1) is 11.7. The third-order valence-electron chi connectivity index (χ3n) is 5.70. The van der Waals surface area contributed by atoms with Gasteiger partial charge in [0, 0.05) is 12.6 Å². The fourth-order valence-electron chi connectivity index (χ4n) is 4.60. The van der Waals surface area contributed by atoms with Crippen LogP contribution in [0.4, 0.5) is 0 Å². The summed E-state index contributed by atoms with van der Waals surface area (Å²) in [7, 11) is 0. The number of nitrogens with zero attached hydrogens (tertiary/aromatic N) is 2. The summed E-state index contributed by atoms with van der Waals surface area (Å²) in [4.78, 5) is 2.69. The summed E-state index contributed by atoms with van der Waals surface area (Å²) in [5.74, 6) is 0. The van der Waals surface area contributed by atoms with Crippen LogP contribution in [0, 0.1) is 11.3 Å². The van der Waals surface area contributed by atoms with Gasteiger partial charge in [0.1, 0.15) is 0 Å². The highest BCUT2D eigenvalue weighted by atomic mass is 15.3. The lowest BCUT2D eigenvalue weighted by Crippen LogP contribution is -2.48. The maximum absolute atomic E-state index is 9.08. The van der Waals surface area contributed by atoms with Gasteiger partial charge in [-0.2, -0.15) is 5.26 Å². The van der Waals surface area contributed by atoms with E-state index in [4.69, 9.17) is 5.26 Å². The highest BCUT2D eigenvalue weighted by molar-refractivity contribution is 5.38. The first-order valence-electron chi connectivity index (χ1n) is 8.69. The van der Waals surface area contributed by atoms with Crippen LogP contribution in [0.1, 0.15) is 42.4 Å². The molecule has 2 nitrogen and oxygen atoms in total. The molecule has 0 radical (unpaired) electrons. The van der Waals surface area contributed by atoms with Crippen LogP contribution < -0.4 is 0 Å². The van der Waals surface area contributed by atoms with E-state index in [1.165, 1.54) is 29.5 Å². The zero-order chi connectivity index (χ0) is 16.6. The van der Waals surface area contributed by atoms with Gasteiger partial charge in [-0.05, 0) is 48.9 Å². The van der Waals surface area contributed by atoms with Crippen molar-refractivity contribution in [2.24, 2.45) is 0 Å². The van der Waals surface area contributed by atoms with E-state index in [1.54, 1.807) is 0 Å². The Kier molecular flexibility index (Phi) is 3.75. The SMILES string of the molecule is C=C1CC2CCC(c3ccc(C#N)cc3)(C1)N2Cc1ccccc1. The van der Waals surface area contributed by atoms with Gasteiger partial charge in [-0.3, -0.25) is 4.90 Å². The Morgan fingerprint density at radius 3 is 2.58 bits per heavy atom. The summed E-state index contributed by atoms with van der Waals surface area (Å²) in [6.45, 7) is 5.31. The largest absolute Gasteiger partial charge is 0.286 e. The van der Waals surface area contributed by atoms with Crippen molar-refractivity contribution < 1.29 is 0 Å². The monoisotopic (exact) mass is 314 g/mol.